The molecule has 1 atom stereocenters. The summed E-state index contributed by atoms with van der Waals surface area (Å²) >= 11 is 0. The Morgan fingerprint density at radius 2 is 2.12 bits per heavy atom. The first-order valence-corrected chi connectivity index (χ1v) is 8.74. The number of ether oxygens (including phenoxy) is 1. The van der Waals surface area contributed by atoms with Crippen LogP contribution in [0.4, 0.5) is 4.39 Å². The minimum atomic E-state index is -0.274. The predicted octanol–water partition coefficient (Wildman–Crippen LogP) is 3.20. The summed E-state index contributed by atoms with van der Waals surface area (Å²) in [6, 6.07) is 6.22. The second kappa shape index (κ2) is 7.78. The van der Waals surface area contributed by atoms with E-state index in [4.69, 9.17) is 4.74 Å². The fourth-order valence-electron chi connectivity index (χ4n) is 3.20. The minimum Gasteiger partial charge on any atom is -0.378 e. The number of hydrogen-bond donors (Lipinski definition) is 1. The second-order valence-electron chi connectivity index (χ2n) is 6.49. The number of aryl methyl sites for hydroxylation is 1. The molecular formula is C19H24FN3O2. The molecule has 2 heterocycles. The van der Waals surface area contributed by atoms with E-state index in [0.29, 0.717) is 13.0 Å². The highest BCUT2D eigenvalue weighted by molar-refractivity contribution is 5.75. The summed E-state index contributed by atoms with van der Waals surface area (Å²) in [7, 11) is 0. The van der Waals surface area contributed by atoms with Crippen LogP contribution in [0.25, 0.3) is 5.69 Å². The first-order chi connectivity index (χ1) is 12.0. The molecule has 2 aromatic rings. The molecule has 0 bridgehead atoms. The standard InChI is InChI=1S/C19H24FN3O2/c1-13-18(12-21-19(24)10-9-17-4-3-11-25-17)14(2)23(22-13)16-7-5-15(20)6-8-16/h5-8,17H,3-4,9-12H2,1-2H3,(H,21,24)/t17-/m1/s1. The molecule has 3 rings (SSSR count). The third-order valence-electron chi connectivity index (χ3n) is 4.69. The number of carbonyl (C=O) groups excluding carboxylic acids is 1. The number of amides is 1. The fourth-order valence-corrected chi connectivity index (χ4v) is 3.20. The summed E-state index contributed by atoms with van der Waals surface area (Å²) in [5.74, 6) is -0.243. The lowest BCUT2D eigenvalue weighted by Gasteiger charge is -2.10. The molecule has 134 valence electrons. The molecule has 0 unspecified atom stereocenters. The Hall–Kier alpha value is -2.21. The van der Waals surface area contributed by atoms with E-state index in [0.717, 1.165) is 48.5 Å². The van der Waals surface area contributed by atoms with Gasteiger partial charge in [-0.15, -0.1) is 0 Å². The third-order valence-corrected chi connectivity index (χ3v) is 4.69. The Labute approximate surface area is 147 Å². The van der Waals surface area contributed by atoms with Gasteiger partial charge in [-0.1, -0.05) is 0 Å². The smallest absolute Gasteiger partial charge is 0.220 e. The maximum absolute atomic E-state index is 13.1. The van der Waals surface area contributed by atoms with E-state index < -0.39 is 0 Å². The van der Waals surface area contributed by atoms with Gasteiger partial charge < -0.3 is 10.1 Å². The number of benzene rings is 1. The van der Waals surface area contributed by atoms with Crippen molar-refractivity contribution in [3.8, 4) is 5.69 Å². The highest BCUT2D eigenvalue weighted by atomic mass is 19.1. The number of nitrogens with zero attached hydrogens (tertiary/aromatic N) is 2. The molecule has 0 spiro atoms. The van der Waals surface area contributed by atoms with Crippen molar-refractivity contribution in [2.45, 2.75) is 52.2 Å². The van der Waals surface area contributed by atoms with E-state index >= 15 is 0 Å². The first-order valence-electron chi connectivity index (χ1n) is 8.74. The molecule has 0 radical (unpaired) electrons. The van der Waals surface area contributed by atoms with Crippen molar-refractivity contribution in [2.24, 2.45) is 0 Å². The molecule has 0 saturated carbocycles. The van der Waals surface area contributed by atoms with E-state index in [1.807, 2.05) is 13.8 Å². The summed E-state index contributed by atoms with van der Waals surface area (Å²) in [5.41, 5.74) is 3.61. The zero-order valence-electron chi connectivity index (χ0n) is 14.7. The van der Waals surface area contributed by atoms with E-state index in [2.05, 4.69) is 10.4 Å². The van der Waals surface area contributed by atoms with Gasteiger partial charge in [-0.25, -0.2) is 9.07 Å². The molecule has 25 heavy (non-hydrogen) atoms. The van der Waals surface area contributed by atoms with Crippen molar-refractivity contribution in [3.05, 3.63) is 47.0 Å². The van der Waals surface area contributed by atoms with Gasteiger partial charge in [0.25, 0.3) is 0 Å². The van der Waals surface area contributed by atoms with Gasteiger partial charge in [0.15, 0.2) is 0 Å². The largest absolute Gasteiger partial charge is 0.378 e. The number of carbonyl (C=O) groups is 1. The Morgan fingerprint density at radius 1 is 1.36 bits per heavy atom. The molecule has 1 aliphatic heterocycles. The predicted molar refractivity (Wildman–Crippen MR) is 93.1 cm³/mol. The molecule has 0 aliphatic carbocycles. The third kappa shape index (κ3) is 4.25. The Morgan fingerprint density at radius 3 is 2.80 bits per heavy atom. The lowest BCUT2D eigenvalue weighted by molar-refractivity contribution is -0.121. The van der Waals surface area contributed by atoms with Crippen LogP contribution in [0.15, 0.2) is 24.3 Å². The molecule has 1 aromatic carbocycles. The monoisotopic (exact) mass is 345 g/mol. The molecule has 1 amide bonds. The van der Waals surface area contributed by atoms with Crippen LogP contribution >= 0.6 is 0 Å². The number of nitrogens with one attached hydrogen (secondary N) is 1. The van der Waals surface area contributed by atoms with Gasteiger partial charge >= 0.3 is 0 Å². The van der Waals surface area contributed by atoms with E-state index in [9.17, 15) is 9.18 Å². The molecule has 5 nitrogen and oxygen atoms in total. The number of rotatable bonds is 6. The highest BCUT2D eigenvalue weighted by Gasteiger charge is 2.17. The highest BCUT2D eigenvalue weighted by Crippen LogP contribution is 2.19. The van der Waals surface area contributed by atoms with Crippen LogP contribution in [0.2, 0.25) is 0 Å². The van der Waals surface area contributed by atoms with Gasteiger partial charge in [0.2, 0.25) is 5.91 Å². The van der Waals surface area contributed by atoms with Crippen LogP contribution in [-0.4, -0.2) is 28.4 Å². The van der Waals surface area contributed by atoms with Crippen LogP contribution in [-0.2, 0) is 16.1 Å². The second-order valence-corrected chi connectivity index (χ2v) is 6.49. The molecule has 1 N–H and O–H groups in total. The minimum absolute atomic E-state index is 0.0313. The average molecular weight is 345 g/mol. The van der Waals surface area contributed by atoms with Crippen LogP contribution < -0.4 is 5.32 Å². The zero-order chi connectivity index (χ0) is 17.8. The van der Waals surface area contributed by atoms with E-state index in [1.54, 1.807) is 16.8 Å². The number of halogens is 1. The molecule has 1 fully saturated rings. The summed E-state index contributed by atoms with van der Waals surface area (Å²) in [6.07, 6.45) is 3.63. The Bertz CT molecular complexity index is 734. The lowest BCUT2D eigenvalue weighted by Crippen LogP contribution is -2.24. The van der Waals surface area contributed by atoms with Crippen molar-refractivity contribution >= 4 is 5.91 Å². The summed E-state index contributed by atoms with van der Waals surface area (Å²) in [4.78, 5) is 12.1. The first kappa shape index (κ1) is 17.6. The van der Waals surface area contributed by atoms with Crippen molar-refractivity contribution in [2.75, 3.05) is 6.61 Å². The Kier molecular flexibility index (Phi) is 5.48. The summed E-state index contributed by atoms with van der Waals surface area (Å²) in [6.45, 7) is 5.13. The molecule has 6 heteroatoms. The van der Waals surface area contributed by atoms with E-state index in [1.165, 1.54) is 12.1 Å². The summed E-state index contributed by atoms with van der Waals surface area (Å²) in [5, 5.41) is 7.49. The van der Waals surface area contributed by atoms with Crippen molar-refractivity contribution < 1.29 is 13.9 Å². The molecular weight excluding hydrogens is 321 g/mol. The van der Waals surface area contributed by atoms with E-state index in [-0.39, 0.29) is 17.8 Å². The maximum Gasteiger partial charge on any atom is 0.220 e. The van der Waals surface area contributed by atoms with Crippen molar-refractivity contribution in [1.82, 2.24) is 15.1 Å². The normalized spacial score (nSPS) is 17.0. The van der Waals surface area contributed by atoms with Gasteiger partial charge in [-0.05, 0) is 57.4 Å². The van der Waals surface area contributed by atoms with Gasteiger partial charge in [-0.2, -0.15) is 5.10 Å². The van der Waals surface area contributed by atoms with Crippen LogP contribution in [0.1, 0.15) is 42.6 Å². The number of hydrogen-bond acceptors (Lipinski definition) is 3. The fraction of sp³-hybridized carbons (Fsp3) is 0.474. The van der Waals surface area contributed by atoms with Gasteiger partial charge in [0, 0.05) is 30.8 Å². The molecule has 1 saturated heterocycles. The van der Waals surface area contributed by atoms with Crippen molar-refractivity contribution in [1.29, 1.82) is 0 Å². The summed E-state index contributed by atoms with van der Waals surface area (Å²) < 4.78 is 20.4. The quantitative estimate of drug-likeness (QED) is 0.875. The van der Waals surface area contributed by atoms with Gasteiger partial charge in [0.05, 0.1) is 17.5 Å². The molecule has 1 aromatic heterocycles. The molecule has 1 aliphatic rings. The van der Waals surface area contributed by atoms with Crippen LogP contribution in [0.5, 0.6) is 0 Å². The maximum atomic E-state index is 13.1. The van der Waals surface area contributed by atoms with Gasteiger partial charge in [0.1, 0.15) is 5.82 Å². The lowest BCUT2D eigenvalue weighted by atomic mass is 10.1. The van der Waals surface area contributed by atoms with Crippen LogP contribution in [0.3, 0.4) is 0 Å². The van der Waals surface area contributed by atoms with Gasteiger partial charge in [-0.3, -0.25) is 4.79 Å². The Balaban J connectivity index is 1.60. The van der Waals surface area contributed by atoms with Crippen molar-refractivity contribution in [3.63, 3.8) is 0 Å². The van der Waals surface area contributed by atoms with Crippen LogP contribution in [0, 0.1) is 19.7 Å². The zero-order valence-corrected chi connectivity index (χ0v) is 14.7. The SMILES string of the molecule is Cc1nn(-c2ccc(F)cc2)c(C)c1CNC(=O)CC[C@H]1CCCO1. The number of aromatic nitrogens is 2. The average Bonchev–Trinajstić information content (AvgIpc) is 3.21. The topological polar surface area (TPSA) is 56.2 Å².